The van der Waals surface area contributed by atoms with E-state index in [2.05, 4.69) is 0 Å². The smallest absolute Gasteiger partial charge is 0.145 e. The first-order chi connectivity index (χ1) is 8.20. The van der Waals surface area contributed by atoms with Gasteiger partial charge in [0.1, 0.15) is 23.4 Å². The molecular weight excluding hydrogens is 217 g/mol. The molecule has 0 aliphatic heterocycles. The molecular formula is C14H10FNO. The standard InChI is InChI=1S/C14H10FNO/c1-10-6-7-12(8-13(10)15)17-14-5-3-2-4-11(14)9-16/h2-8H,1H3. The molecule has 0 radical (unpaired) electrons. The molecule has 0 aliphatic rings. The molecule has 0 amide bonds. The van der Waals surface area contributed by atoms with Gasteiger partial charge >= 0.3 is 0 Å². The summed E-state index contributed by atoms with van der Waals surface area (Å²) >= 11 is 0. The van der Waals surface area contributed by atoms with Crippen LogP contribution in [0.1, 0.15) is 11.1 Å². The third-order valence-corrected chi connectivity index (χ3v) is 2.38. The Morgan fingerprint density at radius 2 is 1.94 bits per heavy atom. The van der Waals surface area contributed by atoms with Crippen molar-refractivity contribution in [1.82, 2.24) is 0 Å². The van der Waals surface area contributed by atoms with E-state index in [-0.39, 0.29) is 5.82 Å². The van der Waals surface area contributed by atoms with Gasteiger partial charge in [-0.15, -0.1) is 0 Å². The van der Waals surface area contributed by atoms with Gasteiger partial charge in [0.15, 0.2) is 0 Å². The van der Waals surface area contributed by atoms with Gasteiger partial charge in [0.05, 0.1) is 5.56 Å². The fraction of sp³-hybridized carbons (Fsp3) is 0.0714. The fourth-order valence-corrected chi connectivity index (χ4v) is 1.41. The quantitative estimate of drug-likeness (QED) is 0.781. The summed E-state index contributed by atoms with van der Waals surface area (Å²) < 4.78 is 18.8. The Morgan fingerprint density at radius 3 is 2.65 bits per heavy atom. The number of rotatable bonds is 2. The van der Waals surface area contributed by atoms with Crippen LogP contribution in [0.15, 0.2) is 42.5 Å². The number of halogens is 1. The summed E-state index contributed by atoms with van der Waals surface area (Å²) in [6.07, 6.45) is 0. The number of benzene rings is 2. The highest BCUT2D eigenvalue weighted by molar-refractivity contribution is 5.45. The maximum atomic E-state index is 13.3. The van der Waals surface area contributed by atoms with E-state index in [1.807, 2.05) is 6.07 Å². The van der Waals surface area contributed by atoms with Gasteiger partial charge in [0.25, 0.3) is 0 Å². The summed E-state index contributed by atoms with van der Waals surface area (Å²) in [4.78, 5) is 0. The lowest BCUT2D eigenvalue weighted by Gasteiger charge is -2.07. The summed E-state index contributed by atoms with van der Waals surface area (Å²) in [7, 11) is 0. The minimum Gasteiger partial charge on any atom is -0.456 e. The lowest BCUT2D eigenvalue weighted by Crippen LogP contribution is -1.89. The van der Waals surface area contributed by atoms with Crippen molar-refractivity contribution in [2.75, 3.05) is 0 Å². The van der Waals surface area contributed by atoms with E-state index in [0.29, 0.717) is 22.6 Å². The molecule has 3 heteroatoms. The first kappa shape index (κ1) is 11.2. The van der Waals surface area contributed by atoms with Gasteiger partial charge in [-0.05, 0) is 30.7 Å². The number of ether oxygens (including phenoxy) is 1. The van der Waals surface area contributed by atoms with Gasteiger partial charge in [-0.1, -0.05) is 18.2 Å². The molecule has 0 saturated heterocycles. The molecule has 0 unspecified atom stereocenters. The second kappa shape index (κ2) is 4.67. The Labute approximate surface area is 98.9 Å². The third kappa shape index (κ3) is 2.43. The molecule has 2 rings (SSSR count). The fourth-order valence-electron chi connectivity index (χ4n) is 1.41. The molecule has 0 aliphatic carbocycles. The van der Waals surface area contributed by atoms with Crippen molar-refractivity contribution in [2.24, 2.45) is 0 Å². The minimum absolute atomic E-state index is 0.322. The van der Waals surface area contributed by atoms with E-state index < -0.39 is 0 Å². The molecule has 84 valence electrons. The SMILES string of the molecule is Cc1ccc(Oc2ccccc2C#N)cc1F. The summed E-state index contributed by atoms with van der Waals surface area (Å²) in [5.41, 5.74) is 0.986. The van der Waals surface area contributed by atoms with E-state index in [0.717, 1.165) is 0 Å². The molecule has 0 bridgehead atoms. The van der Waals surface area contributed by atoms with Crippen molar-refractivity contribution >= 4 is 0 Å². The predicted octanol–water partition coefficient (Wildman–Crippen LogP) is 3.80. The van der Waals surface area contributed by atoms with Crippen LogP contribution in [-0.2, 0) is 0 Å². The third-order valence-electron chi connectivity index (χ3n) is 2.38. The Morgan fingerprint density at radius 1 is 1.18 bits per heavy atom. The second-order valence-corrected chi connectivity index (χ2v) is 3.62. The van der Waals surface area contributed by atoms with Crippen molar-refractivity contribution in [1.29, 1.82) is 5.26 Å². The molecule has 0 spiro atoms. The molecule has 0 aromatic heterocycles. The van der Waals surface area contributed by atoms with Gasteiger partial charge in [0.2, 0.25) is 0 Å². The largest absolute Gasteiger partial charge is 0.456 e. The molecule has 0 saturated carbocycles. The van der Waals surface area contributed by atoms with E-state index in [1.54, 1.807) is 43.3 Å². The van der Waals surface area contributed by atoms with Gasteiger partial charge in [-0.25, -0.2) is 4.39 Å². The molecule has 2 aromatic carbocycles. The first-order valence-electron chi connectivity index (χ1n) is 5.14. The predicted molar refractivity (Wildman–Crippen MR) is 62.4 cm³/mol. The van der Waals surface area contributed by atoms with Crippen molar-refractivity contribution in [3.63, 3.8) is 0 Å². The molecule has 0 heterocycles. The molecule has 0 fully saturated rings. The Kier molecular flexibility index (Phi) is 3.06. The number of aryl methyl sites for hydroxylation is 1. The maximum absolute atomic E-state index is 13.3. The van der Waals surface area contributed by atoms with Gasteiger partial charge in [-0.2, -0.15) is 5.26 Å². The van der Waals surface area contributed by atoms with Crippen LogP contribution in [-0.4, -0.2) is 0 Å². The lowest BCUT2D eigenvalue weighted by atomic mass is 10.2. The van der Waals surface area contributed by atoms with Crippen LogP contribution in [0.25, 0.3) is 0 Å². The van der Waals surface area contributed by atoms with Crippen molar-refractivity contribution in [3.05, 3.63) is 59.4 Å². The number of para-hydroxylation sites is 1. The molecule has 0 atom stereocenters. The number of nitrogens with zero attached hydrogens (tertiary/aromatic N) is 1. The number of hydrogen-bond acceptors (Lipinski definition) is 2. The number of hydrogen-bond donors (Lipinski definition) is 0. The zero-order valence-electron chi connectivity index (χ0n) is 9.27. The summed E-state index contributed by atoms with van der Waals surface area (Å²) in [6.45, 7) is 1.68. The number of nitriles is 1. The van der Waals surface area contributed by atoms with Crippen LogP contribution in [0.2, 0.25) is 0 Å². The lowest BCUT2D eigenvalue weighted by molar-refractivity contribution is 0.474. The average molecular weight is 227 g/mol. The Balaban J connectivity index is 2.32. The van der Waals surface area contributed by atoms with Crippen molar-refractivity contribution in [2.45, 2.75) is 6.92 Å². The monoisotopic (exact) mass is 227 g/mol. The van der Waals surface area contributed by atoms with Crippen LogP contribution >= 0.6 is 0 Å². The van der Waals surface area contributed by atoms with Gasteiger partial charge in [-0.3, -0.25) is 0 Å². The topological polar surface area (TPSA) is 33.0 Å². The highest BCUT2D eigenvalue weighted by Gasteiger charge is 2.05. The molecule has 2 aromatic rings. The van der Waals surface area contributed by atoms with Crippen LogP contribution in [0.4, 0.5) is 4.39 Å². The Hall–Kier alpha value is -2.34. The minimum atomic E-state index is -0.322. The summed E-state index contributed by atoms with van der Waals surface area (Å²) in [5.74, 6) is 0.492. The van der Waals surface area contributed by atoms with E-state index in [9.17, 15) is 4.39 Å². The highest BCUT2D eigenvalue weighted by atomic mass is 19.1. The maximum Gasteiger partial charge on any atom is 0.145 e. The normalized spacial score (nSPS) is 9.71. The van der Waals surface area contributed by atoms with Crippen LogP contribution in [0.3, 0.4) is 0 Å². The van der Waals surface area contributed by atoms with Crippen molar-refractivity contribution in [3.8, 4) is 17.6 Å². The average Bonchev–Trinajstić information content (AvgIpc) is 2.34. The zero-order valence-corrected chi connectivity index (χ0v) is 9.27. The van der Waals surface area contributed by atoms with Crippen LogP contribution in [0, 0.1) is 24.1 Å². The van der Waals surface area contributed by atoms with Crippen LogP contribution in [0.5, 0.6) is 11.5 Å². The summed E-state index contributed by atoms with van der Waals surface area (Å²) in [6, 6.07) is 13.5. The molecule has 0 N–H and O–H groups in total. The zero-order chi connectivity index (χ0) is 12.3. The Bertz CT molecular complexity index is 587. The van der Waals surface area contributed by atoms with E-state index in [4.69, 9.17) is 10.00 Å². The highest BCUT2D eigenvalue weighted by Crippen LogP contribution is 2.25. The molecule has 17 heavy (non-hydrogen) atoms. The van der Waals surface area contributed by atoms with E-state index >= 15 is 0 Å². The molecule has 2 nitrogen and oxygen atoms in total. The van der Waals surface area contributed by atoms with Crippen molar-refractivity contribution < 1.29 is 9.13 Å². The van der Waals surface area contributed by atoms with Crippen LogP contribution < -0.4 is 4.74 Å². The van der Waals surface area contributed by atoms with Gasteiger partial charge < -0.3 is 4.74 Å². The first-order valence-corrected chi connectivity index (χ1v) is 5.14. The van der Waals surface area contributed by atoms with E-state index in [1.165, 1.54) is 6.07 Å². The van der Waals surface area contributed by atoms with Gasteiger partial charge in [0, 0.05) is 6.07 Å². The second-order valence-electron chi connectivity index (χ2n) is 3.62. The summed E-state index contributed by atoms with van der Waals surface area (Å²) in [5, 5.41) is 8.89.